The molecule has 0 radical (unpaired) electrons. The molecule has 0 saturated heterocycles. The number of hydrogen-bond acceptors (Lipinski definition) is 4. The Balaban J connectivity index is 2.30. The van der Waals surface area contributed by atoms with Crippen LogP contribution in [0.15, 0.2) is 24.3 Å². The molecule has 1 aromatic carbocycles. The Morgan fingerprint density at radius 2 is 1.95 bits per heavy atom. The van der Waals surface area contributed by atoms with Gasteiger partial charge in [-0.2, -0.15) is 0 Å². The van der Waals surface area contributed by atoms with Gasteiger partial charge in [-0.3, -0.25) is 9.59 Å². The van der Waals surface area contributed by atoms with Crippen LogP contribution in [0.2, 0.25) is 0 Å². The summed E-state index contributed by atoms with van der Waals surface area (Å²) in [7, 11) is 0. The van der Waals surface area contributed by atoms with Gasteiger partial charge in [0.1, 0.15) is 0 Å². The predicted octanol–water partition coefficient (Wildman–Crippen LogP) is -0.323. The molecular weight excluding hydrogens is 276 g/mol. The number of amides is 2. The molecule has 0 spiro atoms. The lowest BCUT2D eigenvalue weighted by molar-refractivity contribution is -0.147. The molecule has 0 saturated carbocycles. The summed E-state index contributed by atoms with van der Waals surface area (Å²) in [5, 5.41) is 22.3. The van der Waals surface area contributed by atoms with Gasteiger partial charge >= 0.3 is 5.97 Å². The average molecular weight is 294 g/mol. The maximum atomic E-state index is 11.8. The van der Waals surface area contributed by atoms with E-state index in [1.807, 2.05) is 13.0 Å². The Kier molecular flexibility index (Phi) is 6.35. The van der Waals surface area contributed by atoms with Gasteiger partial charge in [-0.05, 0) is 19.1 Å². The van der Waals surface area contributed by atoms with Crippen LogP contribution >= 0.6 is 0 Å². The molecule has 114 valence electrons. The molecular formula is C14H18N2O5. The number of hydrogen-bond donors (Lipinski definition) is 4. The van der Waals surface area contributed by atoms with Crippen molar-refractivity contribution < 1.29 is 24.6 Å². The number of rotatable bonds is 7. The summed E-state index contributed by atoms with van der Waals surface area (Å²) in [4.78, 5) is 33.6. The third kappa shape index (κ3) is 6.05. The zero-order valence-electron chi connectivity index (χ0n) is 11.6. The lowest BCUT2D eigenvalue weighted by atomic mass is 10.1. The Morgan fingerprint density at radius 1 is 1.24 bits per heavy atom. The number of carboxylic acid groups (broad SMARTS) is 1. The highest BCUT2D eigenvalue weighted by atomic mass is 16.4. The molecule has 4 N–H and O–H groups in total. The van der Waals surface area contributed by atoms with E-state index in [1.165, 1.54) is 0 Å². The number of carbonyl (C=O) groups excluding carboxylic acids is 2. The van der Waals surface area contributed by atoms with E-state index in [4.69, 9.17) is 10.2 Å². The lowest BCUT2D eigenvalue weighted by Gasteiger charge is -2.08. The van der Waals surface area contributed by atoms with Crippen LogP contribution in [-0.4, -0.2) is 47.2 Å². The monoisotopic (exact) mass is 294 g/mol. The second kappa shape index (κ2) is 8.01. The van der Waals surface area contributed by atoms with E-state index < -0.39 is 18.0 Å². The van der Waals surface area contributed by atoms with Crippen molar-refractivity contribution in [2.45, 2.75) is 19.4 Å². The van der Waals surface area contributed by atoms with Gasteiger partial charge in [0, 0.05) is 18.5 Å². The normalized spacial score (nSPS) is 11.5. The molecule has 0 fully saturated rings. The second-order valence-electron chi connectivity index (χ2n) is 4.54. The van der Waals surface area contributed by atoms with Crippen LogP contribution in [0.25, 0.3) is 0 Å². The van der Waals surface area contributed by atoms with Crippen LogP contribution in [0.4, 0.5) is 0 Å². The maximum Gasteiger partial charge on any atom is 0.332 e. The van der Waals surface area contributed by atoms with Crippen molar-refractivity contribution in [1.29, 1.82) is 0 Å². The Morgan fingerprint density at radius 3 is 2.57 bits per heavy atom. The summed E-state index contributed by atoms with van der Waals surface area (Å²) in [5.74, 6) is -2.15. The molecule has 1 aromatic rings. The molecule has 0 heterocycles. The topological polar surface area (TPSA) is 116 Å². The summed E-state index contributed by atoms with van der Waals surface area (Å²) in [5.41, 5.74) is 1.40. The molecule has 21 heavy (non-hydrogen) atoms. The summed E-state index contributed by atoms with van der Waals surface area (Å²) in [6.45, 7) is 1.67. The van der Waals surface area contributed by atoms with E-state index in [1.54, 1.807) is 18.2 Å². The van der Waals surface area contributed by atoms with Gasteiger partial charge in [-0.1, -0.05) is 17.7 Å². The third-order valence-electron chi connectivity index (χ3n) is 2.71. The van der Waals surface area contributed by atoms with Crippen molar-refractivity contribution in [1.82, 2.24) is 10.6 Å². The average Bonchev–Trinajstić information content (AvgIpc) is 2.44. The van der Waals surface area contributed by atoms with Crippen LogP contribution in [0.5, 0.6) is 0 Å². The molecule has 0 aromatic heterocycles. The summed E-state index contributed by atoms with van der Waals surface area (Å²) in [6, 6.07) is 6.95. The number of benzene rings is 1. The van der Waals surface area contributed by atoms with Crippen molar-refractivity contribution in [3.8, 4) is 0 Å². The zero-order valence-corrected chi connectivity index (χ0v) is 11.6. The van der Waals surface area contributed by atoms with Gasteiger partial charge in [0.25, 0.3) is 5.91 Å². The van der Waals surface area contributed by atoms with Gasteiger partial charge < -0.3 is 20.8 Å². The standard InChI is InChI=1S/C14H18N2O5/c1-9-3-2-4-10(7-9)13(19)16-8-12(18)15-6-5-11(17)14(20)21/h2-4,7,11,17H,5-6,8H2,1H3,(H,15,18)(H,16,19)(H,20,21). The molecule has 0 bridgehead atoms. The Labute approximate surface area is 122 Å². The quantitative estimate of drug-likeness (QED) is 0.550. The van der Waals surface area contributed by atoms with E-state index in [0.29, 0.717) is 5.56 Å². The molecule has 0 aliphatic carbocycles. The number of aryl methyl sites for hydroxylation is 1. The molecule has 1 atom stereocenters. The molecule has 2 amide bonds. The van der Waals surface area contributed by atoms with Crippen LogP contribution < -0.4 is 10.6 Å². The maximum absolute atomic E-state index is 11.8. The Hall–Kier alpha value is -2.41. The lowest BCUT2D eigenvalue weighted by Crippen LogP contribution is -2.38. The first kappa shape index (κ1) is 16.6. The highest BCUT2D eigenvalue weighted by Crippen LogP contribution is 2.03. The van der Waals surface area contributed by atoms with Crippen molar-refractivity contribution in [3.63, 3.8) is 0 Å². The van der Waals surface area contributed by atoms with Crippen molar-refractivity contribution >= 4 is 17.8 Å². The molecule has 7 nitrogen and oxygen atoms in total. The van der Waals surface area contributed by atoms with Gasteiger partial charge in [-0.15, -0.1) is 0 Å². The van der Waals surface area contributed by atoms with E-state index >= 15 is 0 Å². The number of nitrogens with one attached hydrogen (secondary N) is 2. The first-order chi connectivity index (χ1) is 9.90. The van der Waals surface area contributed by atoms with Crippen LogP contribution in [0.3, 0.4) is 0 Å². The van der Waals surface area contributed by atoms with Crippen molar-refractivity contribution in [2.24, 2.45) is 0 Å². The fourth-order valence-electron chi connectivity index (χ4n) is 1.58. The minimum Gasteiger partial charge on any atom is -0.479 e. The fraction of sp³-hybridized carbons (Fsp3) is 0.357. The van der Waals surface area contributed by atoms with E-state index in [-0.39, 0.29) is 25.4 Å². The van der Waals surface area contributed by atoms with E-state index in [9.17, 15) is 14.4 Å². The predicted molar refractivity (Wildman–Crippen MR) is 74.8 cm³/mol. The molecule has 1 rings (SSSR count). The summed E-state index contributed by atoms with van der Waals surface area (Å²) in [6.07, 6.45) is -1.60. The number of carboxylic acids is 1. The number of aliphatic hydroxyl groups is 1. The van der Waals surface area contributed by atoms with Gasteiger partial charge in [0.2, 0.25) is 5.91 Å². The highest BCUT2D eigenvalue weighted by Gasteiger charge is 2.13. The Bertz CT molecular complexity index is 530. The SMILES string of the molecule is Cc1cccc(C(=O)NCC(=O)NCCC(O)C(=O)O)c1. The van der Waals surface area contributed by atoms with Crippen LogP contribution in [0, 0.1) is 6.92 Å². The van der Waals surface area contributed by atoms with Crippen LogP contribution in [-0.2, 0) is 9.59 Å². The molecule has 0 aliphatic rings. The van der Waals surface area contributed by atoms with Gasteiger partial charge in [-0.25, -0.2) is 4.79 Å². The van der Waals surface area contributed by atoms with Crippen LogP contribution in [0.1, 0.15) is 22.3 Å². The first-order valence-corrected chi connectivity index (χ1v) is 6.42. The first-order valence-electron chi connectivity index (χ1n) is 6.42. The smallest absolute Gasteiger partial charge is 0.332 e. The molecule has 7 heteroatoms. The third-order valence-corrected chi connectivity index (χ3v) is 2.71. The van der Waals surface area contributed by atoms with Gasteiger partial charge in [0.05, 0.1) is 6.54 Å². The largest absolute Gasteiger partial charge is 0.479 e. The summed E-state index contributed by atoms with van der Waals surface area (Å²) >= 11 is 0. The van der Waals surface area contributed by atoms with Gasteiger partial charge in [0.15, 0.2) is 6.10 Å². The van der Waals surface area contributed by atoms with Crippen molar-refractivity contribution in [2.75, 3.05) is 13.1 Å². The fourth-order valence-corrected chi connectivity index (χ4v) is 1.58. The second-order valence-corrected chi connectivity index (χ2v) is 4.54. The number of carbonyl (C=O) groups is 3. The van der Waals surface area contributed by atoms with E-state index in [0.717, 1.165) is 5.56 Å². The minimum absolute atomic E-state index is 0.0205. The number of aliphatic hydroxyl groups excluding tert-OH is 1. The zero-order chi connectivity index (χ0) is 15.8. The minimum atomic E-state index is -1.51. The highest BCUT2D eigenvalue weighted by molar-refractivity contribution is 5.96. The molecule has 0 aliphatic heterocycles. The van der Waals surface area contributed by atoms with Crippen molar-refractivity contribution in [3.05, 3.63) is 35.4 Å². The summed E-state index contributed by atoms with van der Waals surface area (Å²) < 4.78 is 0. The number of aliphatic carboxylic acids is 1. The van der Waals surface area contributed by atoms with E-state index in [2.05, 4.69) is 10.6 Å². The molecule has 1 unspecified atom stereocenters.